The van der Waals surface area contributed by atoms with Crippen LogP contribution < -0.4 is 14.8 Å². The number of hydrogen-bond acceptors (Lipinski definition) is 5. The number of benzene rings is 2. The maximum Gasteiger partial charge on any atom is 0.338 e. The van der Waals surface area contributed by atoms with Crippen LogP contribution >= 0.6 is 11.6 Å². The number of carbonyl (C=O) groups excluding carboxylic acids is 2. The van der Waals surface area contributed by atoms with Gasteiger partial charge in [-0.05, 0) is 36.6 Å². The van der Waals surface area contributed by atoms with Gasteiger partial charge in [-0.25, -0.2) is 4.79 Å². The number of hydrogen-bond donors (Lipinski definition) is 1. The number of ether oxygens (including phenoxy) is 3. The first-order valence-corrected chi connectivity index (χ1v) is 9.24. The predicted molar refractivity (Wildman–Crippen MR) is 107 cm³/mol. The van der Waals surface area contributed by atoms with E-state index in [0.717, 1.165) is 12.0 Å². The van der Waals surface area contributed by atoms with Crippen LogP contribution in [0.5, 0.6) is 11.5 Å². The van der Waals surface area contributed by atoms with Crippen molar-refractivity contribution in [1.29, 1.82) is 0 Å². The topological polar surface area (TPSA) is 73.9 Å². The molecule has 0 aliphatic heterocycles. The van der Waals surface area contributed by atoms with Crippen LogP contribution in [-0.4, -0.2) is 32.7 Å². The second-order valence-electron chi connectivity index (χ2n) is 6.15. The van der Waals surface area contributed by atoms with Crippen molar-refractivity contribution >= 4 is 23.5 Å². The molecule has 7 heteroatoms. The van der Waals surface area contributed by atoms with Gasteiger partial charge in [0.25, 0.3) is 5.91 Å². The number of halogens is 1. The van der Waals surface area contributed by atoms with Gasteiger partial charge < -0.3 is 19.5 Å². The smallest absolute Gasteiger partial charge is 0.338 e. The van der Waals surface area contributed by atoms with Gasteiger partial charge in [-0.15, -0.1) is 0 Å². The molecule has 0 aromatic heterocycles. The number of nitrogens with one attached hydrogen (secondary N) is 1. The highest BCUT2D eigenvalue weighted by Gasteiger charge is 2.18. The lowest BCUT2D eigenvalue weighted by atomic mass is 10.1. The van der Waals surface area contributed by atoms with Crippen molar-refractivity contribution in [1.82, 2.24) is 5.32 Å². The van der Waals surface area contributed by atoms with Crippen molar-refractivity contribution in [3.8, 4) is 11.5 Å². The normalized spacial score (nSPS) is 11.5. The van der Waals surface area contributed by atoms with E-state index < -0.39 is 18.5 Å². The van der Waals surface area contributed by atoms with E-state index in [2.05, 4.69) is 12.2 Å². The van der Waals surface area contributed by atoms with Gasteiger partial charge in [0, 0.05) is 0 Å². The zero-order valence-electron chi connectivity index (χ0n) is 16.4. The Kier molecular flexibility index (Phi) is 7.70. The molecule has 1 atom stereocenters. The molecule has 0 aliphatic carbocycles. The molecule has 28 heavy (non-hydrogen) atoms. The minimum atomic E-state index is -0.682. The molecule has 2 aromatic rings. The zero-order chi connectivity index (χ0) is 20.7. The summed E-state index contributed by atoms with van der Waals surface area (Å²) < 4.78 is 15.4. The molecular weight excluding hydrogens is 382 g/mol. The van der Waals surface area contributed by atoms with Crippen molar-refractivity contribution in [2.24, 2.45) is 0 Å². The highest BCUT2D eigenvalue weighted by Crippen LogP contribution is 2.36. The lowest BCUT2D eigenvalue weighted by Gasteiger charge is -2.15. The van der Waals surface area contributed by atoms with E-state index in [-0.39, 0.29) is 16.6 Å². The largest absolute Gasteiger partial charge is 0.493 e. The van der Waals surface area contributed by atoms with E-state index in [1.54, 1.807) is 0 Å². The minimum absolute atomic E-state index is 0.165. The Morgan fingerprint density at radius 3 is 2.36 bits per heavy atom. The third kappa shape index (κ3) is 5.39. The molecule has 2 aromatic carbocycles. The predicted octanol–water partition coefficient (Wildman–Crippen LogP) is 3.95. The van der Waals surface area contributed by atoms with Crippen LogP contribution in [0.2, 0.25) is 5.02 Å². The summed E-state index contributed by atoms with van der Waals surface area (Å²) in [4.78, 5) is 24.4. The zero-order valence-corrected chi connectivity index (χ0v) is 17.1. The second-order valence-corrected chi connectivity index (χ2v) is 6.56. The lowest BCUT2D eigenvalue weighted by Crippen LogP contribution is -2.31. The quantitative estimate of drug-likeness (QED) is 0.673. The van der Waals surface area contributed by atoms with Gasteiger partial charge >= 0.3 is 5.97 Å². The van der Waals surface area contributed by atoms with E-state index in [0.29, 0.717) is 11.5 Å². The Balaban J connectivity index is 1.94. The van der Waals surface area contributed by atoms with Gasteiger partial charge in [0.15, 0.2) is 18.1 Å². The Morgan fingerprint density at radius 1 is 1.11 bits per heavy atom. The average molecular weight is 406 g/mol. The molecule has 0 bridgehead atoms. The lowest BCUT2D eigenvalue weighted by molar-refractivity contribution is -0.124. The average Bonchev–Trinajstić information content (AvgIpc) is 2.71. The number of aryl methyl sites for hydroxylation is 1. The minimum Gasteiger partial charge on any atom is -0.493 e. The molecule has 0 unspecified atom stereocenters. The fraction of sp³-hybridized carbons (Fsp3) is 0.333. The van der Waals surface area contributed by atoms with Crippen LogP contribution in [0.25, 0.3) is 0 Å². The van der Waals surface area contributed by atoms with Gasteiger partial charge in [0.05, 0.1) is 30.8 Å². The van der Waals surface area contributed by atoms with Crippen LogP contribution in [0, 0.1) is 0 Å². The second kappa shape index (κ2) is 9.99. The number of carbonyl (C=O) groups is 2. The third-order valence-electron chi connectivity index (χ3n) is 4.27. The molecule has 0 fully saturated rings. The van der Waals surface area contributed by atoms with Gasteiger partial charge in [-0.1, -0.05) is 42.8 Å². The first-order valence-electron chi connectivity index (χ1n) is 8.86. The number of methoxy groups -OCH3 is 2. The van der Waals surface area contributed by atoms with Crippen molar-refractivity contribution in [2.45, 2.75) is 26.3 Å². The van der Waals surface area contributed by atoms with Gasteiger partial charge in [-0.3, -0.25) is 4.79 Å². The van der Waals surface area contributed by atoms with Crippen molar-refractivity contribution in [3.05, 3.63) is 58.1 Å². The van der Waals surface area contributed by atoms with Crippen LogP contribution in [0.4, 0.5) is 0 Å². The third-order valence-corrected chi connectivity index (χ3v) is 4.55. The Bertz CT molecular complexity index is 835. The monoisotopic (exact) mass is 405 g/mol. The number of amides is 1. The summed E-state index contributed by atoms with van der Waals surface area (Å²) in [6.07, 6.45) is 0.955. The molecule has 1 amide bonds. The van der Waals surface area contributed by atoms with Gasteiger partial charge in [0.2, 0.25) is 0 Å². The first-order chi connectivity index (χ1) is 13.4. The van der Waals surface area contributed by atoms with E-state index in [4.69, 9.17) is 25.8 Å². The fourth-order valence-corrected chi connectivity index (χ4v) is 2.95. The summed E-state index contributed by atoms with van der Waals surface area (Å²) >= 11 is 6.09. The maximum absolute atomic E-state index is 12.2. The van der Waals surface area contributed by atoms with Crippen LogP contribution in [0.3, 0.4) is 0 Å². The first kappa shape index (κ1) is 21.6. The van der Waals surface area contributed by atoms with Crippen LogP contribution in [0.1, 0.15) is 41.4 Å². The maximum atomic E-state index is 12.2. The van der Waals surface area contributed by atoms with Crippen molar-refractivity contribution < 1.29 is 23.8 Å². The number of esters is 1. The molecule has 150 valence electrons. The van der Waals surface area contributed by atoms with Crippen molar-refractivity contribution in [3.63, 3.8) is 0 Å². The molecule has 2 rings (SSSR count). The summed E-state index contributed by atoms with van der Waals surface area (Å²) in [5.41, 5.74) is 2.37. The Labute approximate surface area is 169 Å². The molecule has 6 nitrogen and oxygen atoms in total. The fourth-order valence-electron chi connectivity index (χ4n) is 2.66. The molecular formula is C21H24ClNO5. The van der Waals surface area contributed by atoms with Crippen molar-refractivity contribution in [2.75, 3.05) is 20.8 Å². The van der Waals surface area contributed by atoms with E-state index in [9.17, 15) is 9.59 Å². The molecule has 1 N–H and O–H groups in total. The summed E-state index contributed by atoms with van der Waals surface area (Å²) in [7, 11) is 2.88. The highest BCUT2D eigenvalue weighted by atomic mass is 35.5. The van der Waals surface area contributed by atoms with Gasteiger partial charge in [0.1, 0.15) is 0 Å². The summed E-state index contributed by atoms with van der Waals surface area (Å²) in [6.45, 7) is 3.55. The Morgan fingerprint density at radius 2 is 1.79 bits per heavy atom. The van der Waals surface area contributed by atoms with Gasteiger partial charge in [-0.2, -0.15) is 0 Å². The SMILES string of the molecule is CCc1ccc([C@H](C)NC(=O)COC(=O)c2cc(Cl)c(OC)c(OC)c2)cc1. The molecule has 0 heterocycles. The molecule has 0 aliphatic rings. The molecule has 0 spiro atoms. The standard InChI is InChI=1S/C21H24ClNO5/c1-5-14-6-8-15(9-7-14)13(2)23-19(24)12-28-21(25)16-10-17(22)20(27-4)18(11-16)26-3/h6-11,13H,5,12H2,1-4H3,(H,23,24)/t13-/m0/s1. The number of rotatable bonds is 8. The summed E-state index contributed by atoms with van der Waals surface area (Å²) in [5.74, 6) is -0.457. The van der Waals surface area contributed by atoms with Crippen LogP contribution in [-0.2, 0) is 16.0 Å². The molecule has 0 radical (unpaired) electrons. The van der Waals surface area contributed by atoms with E-state index >= 15 is 0 Å². The summed E-state index contributed by atoms with van der Waals surface area (Å²) in [6, 6.07) is 10.7. The molecule has 0 saturated carbocycles. The highest BCUT2D eigenvalue weighted by molar-refractivity contribution is 6.32. The molecule has 0 saturated heterocycles. The Hall–Kier alpha value is -2.73. The van der Waals surface area contributed by atoms with Crippen LogP contribution in [0.15, 0.2) is 36.4 Å². The van der Waals surface area contributed by atoms with E-state index in [1.165, 1.54) is 31.9 Å². The van der Waals surface area contributed by atoms with E-state index in [1.807, 2.05) is 31.2 Å². The summed E-state index contributed by atoms with van der Waals surface area (Å²) in [5, 5.41) is 3.02.